The molecule has 2 atom stereocenters. The van der Waals surface area contributed by atoms with E-state index in [-0.39, 0.29) is 17.9 Å². The number of aliphatic carboxylic acids is 1. The Bertz CT molecular complexity index is 1240. The van der Waals surface area contributed by atoms with E-state index in [9.17, 15) is 14.7 Å². The van der Waals surface area contributed by atoms with Crippen molar-refractivity contribution < 1.29 is 19.4 Å². The van der Waals surface area contributed by atoms with Crippen LogP contribution < -0.4 is 9.64 Å². The Labute approximate surface area is 221 Å². The van der Waals surface area contributed by atoms with Crippen LogP contribution in [0, 0.1) is 11.8 Å². The number of carbonyl (C=O) groups is 2. The molecule has 2 aliphatic rings. The Morgan fingerprint density at radius 3 is 2.49 bits per heavy atom. The highest BCUT2D eigenvalue weighted by molar-refractivity contribution is 7.22. The van der Waals surface area contributed by atoms with Crippen LogP contribution in [-0.4, -0.2) is 60.2 Å². The van der Waals surface area contributed by atoms with E-state index < -0.39 is 5.97 Å². The molecule has 1 aromatic heterocycles. The third kappa shape index (κ3) is 6.13. The topological polar surface area (TPSA) is 83.0 Å². The summed E-state index contributed by atoms with van der Waals surface area (Å²) < 4.78 is 7.06. The van der Waals surface area contributed by atoms with Gasteiger partial charge >= 0.3 is 5.97 Å². The lowest BCUT2D eigenvalue weighted by Crippen LogP contribution is -2.29. The molecule has 1 amide bonds. The van der Waals surface area contributed by atoms with Gasteiger partial charge < -0.3 is 19.6 Å². The second-order valence-electron chi connectivity index (χ2n) is 10.1. The summed E-state index contributed by atoms with van der Waals surface area (Å²) in [5.74, 6) is 0.748. The highest BCUT2D eigenvalue weighted by Gasteiger charge is 2.36. The molecule has 1 saturated heterocycles. The van der Waals surface area contributed by atoms with Crippen LogP contribution in [0.15, 0.2) is 54.1 Å². The lowest BCUT2D eigenvalue weighted by atomic mass is 9.82. The van der Waals surface area contributed by atoms with Gasteiger partial charge in [-0.25, -0.2) is 9.78 Å². The number of likely N-dealkylation sites (tertiary alicyclic amines) is 1. The van der Waals surface area contributed by atoms with E-state index in [2.05, 4.69) is 16.0 Å². The minimum atomic E-state index is -1.05. The number of carboxylic acids is 1. The van der Waals surface area contributed by atoms with Crippen LogP contribution in [-0.2, 0) is 9.59 Å². The van der Waals surface area contributed by atoms with E-state index in [1.165, 1.54) is 25.7 Å². The van der Waals surface area contributed by atoms with Crippen LogP contribution in [0.25, 0.3) is 16.3 Å². The summed E-state index contributed by atoms with van der Waals surface area (Å²) in [7, 11) is 2.00. The number of amides is 1. The minimum Gasteiger partial charge on any atom is -0.492 e. The van der Waals surface area contributed by atoms with E-state index in [1.807, 2.05) is 54.4 Å². The van der Waals surface area contributed by atoms with Gasteiger partial charge in [-0.2, -0.15) is 0 Å². The summed E-state index contributed by atoms with van der Waals surface area (Å²) in [6.07, 6.45) is 6.36. The fourth-order valence-corrected chi connectivity index (χ4v) is 6.31. The van der Waals surface area contributed by atoms with Gasteiger partial charge in [-0.15, -0.1) is 0 Å². The second kappa shape index (κ2) is 11.3. The van der Waals surface area contributed by atoms with Gasteiger partial charge in [0.2, 0.25) is 5.91 Å². The molecule has 2 heterocycles. The summed E-state index contributed by atoms with van der Waals surface area (Å²) in [6, 6.07) is 15.4. The maximum atomic E-state index is 12.9. The lowest BCUT2D eigenvalue weighted by molar-refractivity contribution is -0.136. The molecule has 194 valence electrons. The zero-order valence-electron chi connectivity index (χ0n) is 21.1. The van der Waals surface area contributed by atoms with Crippen molar-refractivity contribution in [2.24, 2.45) is 11.8 Å². The van der Waals surface area contributed by atoms with E-state index in [0.29, 0.717) is 30.7 Å². The number of anilines is 1. The maximum Gasteiger partial charge on any atom is 0.332 e. The van der Waals surface area contributed by atoms with Crippen molar-refractivity contribution >= 4 is 44.6 Å². The van der Waals surface area contributed by atoms with Gasteiger partial charge in [-0.05, 0) is 60.6 Å². The number of likely N-dealkylation sites (N-methyl/N-ethyl adjacent to an activating group) is 1. The van der Waals surface area contributed by atoms with E-state index in [0.717, 1.165) is 34.0 Å². The number of hydrogen-bond donors (Lipinski definition) is 1. The van der Waals surface area contributed by atoms with Gasteiger partial charge in [-0.3, -0.25) is 4.79 Å². The molecule has 0 spiro atoms. The van der Waals surface area contributed by atoms with Crippen molar-refractivity contribution in [2.45, 2.75) is 32.1 Å². The van der Waals surface area contributed by atoms with Crippen molar-refractivity contribution in [1.29, 1.82) is 0 Å². The third-order valence-electron chi connectivity index (χ3n) is 7.47. The summed E-state index contributed by atoms with van der Waals surface area (Å²) in [6.45, 7) is 2.73. The van der Waals surface area contributed by atoms with Crippen LogP contribution in [0.2, 0.25) is 0 Å². The van der Waals surface area contributed by atoms with Crippen molar-refractivity contribution in [1.82, 2.24) is 9.88 Å². The normalized spacial score (nSPS) is 19.6. The second-order valence-corrected chi connectivity index (χ2v) is 11.1. The van der Waals surface area contributed by atoms with E-state index in [4.69, 9.17) is 4.74 Å². The molecule has 0 bridgehead atoms. The van der Waals surface area contributed by atoms with Crippen LogP contribution in [0.5, 0.6) is 5.75 Å². The van der Waals surface area contributed by atoms with E-state index >= 15 is 0 Å². The minimum absolute atomic E-state index is 0.0782. The number of benzene rings is 2. The number of ether oxygens (including phenoxy) is 1. The van der Waals surface area contributed by atoms with Crippen LogP contribution in [0.3, 0.4) is 0 Å². The summed E-state index contributed by atoms with van der Waals surface area (Å²) in [4.78, 5) is 33.4. The molecule has 8 heteroatoms. The standard InChI is InChI=1S/C29H33N3O4S/c1-31(29-30-25-8-4-5-9-26(25)37-29)14-15-36-24-12-10-20(11-13-24)16-23(28(34)35)17-27(33)32-18-21-6-2-3-7-22(21)19-32/h4-5,8-13,16,21-22H,2-3,6-7,14-15,17-19H2,1H3,(H,34,35)/b23-16+/t21-,22+. The van der Waals surface area contributed by atoms with Crippen LogP contribution in [0.4, 0.5) is 5.13 Å². The SMILES string of the molecule is CN(CCOc1ccc(/C=C(\CC(=O)N2C[C@H]3CCCC[C@H]3C2)C(=O)O)cc1)c1nc2ccccc2s1. The first kappa shape index (κ1) is 25.3. The highest BCUT2D eigenvalue weighted by atomic mass is 32.1. The Hall–Kier alpha value is -3.39. The monoisotopic (exact) mass is 519 g/mol. The first-order chi connectivity index (χ1) is 18.0. The molecular weight excluding hydrogens is 486 g/mol. The van der Waals surface area contributed by atoms with Gasteiger partial charge in [0.1, 0.15) is 12.4 Å². The van der Waals surface area contributed by atoms with Gasteiger partial charge in [-0.1, -0.05) is 48.4 Å². The maximum absolute atomic E-state index is 12.9. The molecule has 37 heavy (non-hydrogen) atoms. The zero-order chi connectivity index (χ0) is 25.8. The van der Waals surface area contributed by atoms with Gasteiger partial charge in [0.25, 0.3) is 0 Å². The molecule has 0 radical (unpaired) electrons. The Morgan fingerprint density at radius 1 is 1.11 bits per heavy atom. The molecule has 5 rings (SSSR count). The molecule has 1 N–H and O–H groups in total. The number of thiazole rings is 1. The summed E-state index contributed by atoms with van der Waals surface area (Å²) >= 11 is 1.66. The quantitative estimate of drug-likeness (QED) is 0.386. The third-order valence-corrected chi connectivity index (χ3v) is 8.62. The summed E-state index contributed by atoms with van der Waals surface area (Å²) in [5, 5.41) is 10.7. The fraction of sp³-hybridized carbons (Fsp3) is 0.414. The molecule has 2 aromatic carbocycles. The van der Waals surface area contributed by atoms with Gasteiger partial charge in [0.15, 0.2) is 5.13 Å². The highest BCUT2D eigenvalue weighted by Crippen LogP contribution is 2.36. The molecular formula is C29H33N3O4S. The number of rotatable bonds is 9. The van der Waals surface area contributed by atoms with E-state index in [1.54, 1.807) is 17.4 Å². The van der Waals surface area contributed by atoms with Crippen molar-refractivity contribution in [2.75, 3.05) is 38.2 Å². The Kier molecular flexibility index (Phi) is 7.74. The lowest BCUT2D eigenvalue weighted by Gasteiger charge is -2.22. The first-order valence-electron chi connectivity index (χ1n) is 13.0. The fourth-order valence-electron chi connectivity index (χ4n) is 5.35. The number of hydrogen-bond acceptors (Lipinski definition) is 6. The molecule has 2 fully saturated rings. The zero-order valence-corrected chi connectivity index (χ0v) is 22.0. The predicted molar refractivity (Wildman–Crippen MR) is 147 cm³/mol. The average molecular weight is 520 g/mol. The predicted octanol–water partition coefficient (Wildman–Crippen LogP) is 5.32. The largest absolute Gasteiger partial charge is 0.492 e. The molecule has 3 aromatic rings. The van der Waals surface area contributed by atoms with Crippen molar-refractivity contribution in [3.63, 3.8) is 0 Å². The Balaban J connectivity index is 1.14. The number of para-hydroxylation sites is 1. The summed E-state index contributed by atoms with van der Waals surface area (Å²) in [5.41, 5.74) is 1.85. The number of nitrogens with zero attached hydrogens (tertiary/aromatic N) is 3. The molecule has 7 nitrogen and oxygen atoms in total. The van der Waals surface area contributed by atoms with Crippen LogP contribution >= 0.6 is 11.3 Å². The van der Waals surface area contributed by atoms with Crippen molar-refractivity contribution in [3.8, 4) is 5.75 Å². The first-order valence-corrected chi connectivity index (χ1v) is 13.8. The average Bonchev–Trinajstić information content (AvgIpc) is 3.54. The molecule has 1 saturated carbocycles. The van der Waals surface area contributed by atoms with Gasteiger partial charge in [0.05, 0.1) is 23.2 Å². The number of carboxylic acid groups (broad SMARTS) is 1. The van der Waals surface area contributed by atoms with Crippen molar-refractivity contribution in [3.05, 3.63) is 59.7 Å². The molecule has 1 aliphatic heterocycles. The number of aromatic nitrogens is 1. The molecule has 1 aliphatic carbocycles. The van der Waals surface area contributed by atoms with Crippen LogP contribution in [0.1, 0.15) is 37.7 Å². The number of fused-ring (bicyclic) bond motifs is 2. The van der Waals surface area contributed by atoms with Gasteiger partial charge in [0, 0.05) is 25.7 Å². The number of carbonyl (C=O) groups excluding carboxylic acids is 1. The Morgan fingerprint density at radius 2 is 1.81 bits per heavy atom. The molecule has 0 unspecified atom stereocenters. The smallest absolute Gasteiger partial charge is 0.332 e.